The monoisotopic (exact) mass is 401 g/mol. The van der Waals surface area contributed by atoms with Gasteiger partial charge in [0.05, 0.1) is 4.21 Å². The summed E-state index contributed by atoms with van der Waals surface area (Å²) in [5.74, 6) is 0. The number of thiophene rings is 1. The Bertz CT molecular complexity index is 595. The minimum absolute atomic E-state index is 0. The second kappa shape index (κ2) is 9.57. The highest BCUT2D eigenvalue weighted by atomic mass is 35.5. The van der Waals surface area contributed by atoms with Gasteiger partial charge in [-0.05, 0) is 43.5 Å². The van der Waals surface area contributed by atoms with Crippen LogP contribution in [0.4, 0.5) is 0 Å². The zero-order valence-electron chi connectivity index (χ0n) is 13.3. The predicted octanol–water partition coefficient (Wildman–Crippen LogP) is 2.22. The van der Waals surface area contributed by atoms with E-state index in [1.165, 1.54) is 11.3 Å². The van der Waals surface area contributed by atoms with Gasteiger partial charge < -0.3 is 10.1 Å². The number of fused-ring (bicyclic) bond motifs is 1. The fourth-order valence-corrected chi connectivity index (χ4v) is 5.89. The smallest absolute Gasteiger partial charge is 0.247 e. The minimum atomic E-state index is -3.64. The molecule has 0 saturated carbocycles. The molecule has 2 rings (SSSR count). The van der Waals surface area contributed by atoms with Crippen molar-refractivity contribution in [2.24, 2.45) is 5.14 Å². The molecular formula is C13H24ClN3O3S3. The first-order valence-corrected chi connectivity index (χ1v) is 10.5. The minimum Gasteiger partial charge on any atom is -0.382 e. The molecule has 0 radical (unpaired) electrons. The molecule has 23 heavy (non-hydrogen) atoms. The Balaban J connectivity index is 0.00000264. The number of likely N-dealkylation sites (N-methyl/N-ethyl adjacent to an activating group) is 1. The maximum atomic E-state index is 11.6. The zero-order valence-corrected chi connectivity index (χ0v) is 16.5. The van der Waals surface area contributed by atoms with Gasteiger partial charge in [0.25, 0.3) is 0 Å². The molecule has 2 heterocycles. The molecular weight excluding hydrogens is 378 g/mol. The number of rotatable bonds is 8. The fraction of sp³-hybridized carbons (Fsp3) is 0.692. The summed E-state index contributed by atoms with van der Waals surface area (Å²) in [5, 5.41) is 8.68. The van der Waals surface area contributed by atoms with Crippen LogP contribution in [-0.4, -0.2) is 45.6 Å². The van der Waals surface area contributed by atoms with Gasteiger partial charge in [0, 0.05) is 32.3 Å². The van der Waals surface area contributed by atoms with Crippen molar-refractivity contribution < 1.29 is 13.2 Å². The maximum absolute atomic E-state index is 11.6. The first-order chi connectivity index (χ1) is 10.5. The van der Waals surface area contributed by atoms with E-state index in [1.54, 1.807) is 18.0 Å². The van der Waals surface area contributed by atoms with Gasteiger partial charge in [-0.2, -0.15) is 0 Å². The number of primary sulfonamides is 1. The second-order valence-electron chi connectivity index (χ2n) is 4.99. The second-order valence-corrected chi connectivity index (χ2v) is 9.20. The van der Waals surface area contributed by atoms with Crippen molar-refractivity contribution in [1.82, 2.24) is 9.62 Å². The van der Waals surface area contributed by atoms with Crippen LogP contribution in [0, 0.1) is 0 Å². The van der Waals surface area contributed by atoms with Gasteiger partial charge >= 0.3 is 0 Å². The quantitative estimate of drug-likeness (QED) is 0.513. The van der Waals surface area contributed by atoms with Crippen LogP contribution in [0.25, 0.3) is 0 Å². The Hall–Kier alpha value is 0.130. The lowest BCUT2D eigenvalue weighted by molar-refractivity contribution is 0.140. The molecule has 0 saturated heterocycles. The lowest BCUT2D eigenvalue weighted by Crippen LogP contribution is -2.35. The topological polar surface area (TPSA) is 84.7 Å². The van der Waals surface area contributed by atoms with E-state index in [4.69, 9.17) is 9.88 Å². The van der Waals surface area contributed by atoms with E-state index in [0.29, 0.717) is 0 Å². The van der Waals surface area contributed by atoms with Crippen LogP contribution in [0.1, 0.15) is 31.9 Å². The van der Waals surface area contributed by atoms with Gasteiger partial charge in [0.15, 0.2) is 0 Å². The molecule has 0 unspecified atom stereocenters. The van der Waals surface area contributed by atoms with E-state index in [1.807, 2.05) is 13.8 Å². The summed E-state index contributed by atoms with van der Waals surface area (Å²) in [6.45, 7) is 8.12. The van der Waals surface area contributed by atoms with E-state index in [2.05, 4.69) is 9.62 Å². The van der Waals surface area contributed by atoms with E-state index in [-0.39, 0.29) is 22.7 Å². The average Bonchev–Trinajstić information content (AvgIpc) is 2.88. The van der Waals surface area contributed by atoms with Crippen LogP contribution < -0.4 is 10.5 Å². The molecule has 0 spiro atoms. The first-order valence-electron chi connectivity index (χ1n) is 7.36. The van der Waals surface area contributed by atoms with Crippen molar-refractivity contribution in [2.45, 2.75) is 34.7 Å². The lowest BCUT2D eigenvalue weighted by Gasteiger charge is -2.31. The van der Waals surface area contributed by atoms with Crippen molar-refractivity contribution in [2.75, 3.05) is 32.8 Å². The van der Waals surface area contributed by atoms with Gasteiger partial charge in [-0.15, -0.1) is 23.7 Å². The molecule has 1 aromatic rings. The summed E-state index contributed by atoms with van der Waals surface area (Å²) in [4.78, 5) is 0. The third kappa shape index (κ3) is 5.86. The number of ether oxygens (including phenoxy) is 1. The van der Waals surface area contributed by atoms with Crippen molar-refractivity contribution >= 4 is 45.7 Å². The van der Waals surface area contributed by atoms with Crippen LogP contribution in [-0.2, 0) is 14.8 Å². The molecule has 134 valence electrons. The molecule has 0 bridgehead atoms. The highest BCUT2D eigenvalue weighted by Gasteiger charge is 2.29. The third-order valence-electron chi connectivity index (χ3n) is 3.31. The molecule has 1 atom stereocenters. The summed E-state index contributed by atoms with van der Waals surface area (Å²) < 4.78 is 32.0. The standard InChI is InChI=1S/C13H23N3O3S3.ClH/c1-3-15-11-9-16(6-5-7-19-4-2)21-13-10(11)8-12(20-13)22(14,17)18;/h8,11,15H,3-7,9H2,1-2H3,(H2,14,17,18);1H/t11-;/m0./s1. The summed E-state index contributed by atoms with van der Waals surface area (Å²) in [5.41, 5.74) is 1.04. The number of nitrogens with one attached hydrogen (secondary N) is 1. The Morgan fingerprint density at radius 1 is 1.48 bits per heavy atom. The molecule has 1 aliphatic heterocycles. The number of hydrogen-bond acceptors (Lipinski definition) is 7. The fourth-order valence-electron chi connectivity index (χ4n) is 2.32. The SMILES string of the molecule is CCN[C@H]1CN(CCCOCC)Sc2sc(S(N)(=O)=O)cc21.Cl. The number of hydrogen-bond donors (Lipinski definition) is 2. The van der Waals surface area contributed by atoms with Crippen LogP contribution in [0.2, 0.25) is 0 Å². The normalized spacial score (nSPS) is 18.5. The van der Waals surface area contributed by atoms with Crippen LogP contribution in [0.3, 0.4) is 0 Å². The average molecular weight is 402 g/mol. The summed E-state index contributed by atoms with van der Waals surface area (Å²) in [6, 6.07) is 1.85. The van der Waals surface area contributed by atoms with Crippen LogP contribution in [0.15, 0.2) is 14.5 Å². The van der Waals surface area contributed by atoms with Crippen molar-refractivity contribution in [3.63, 3.8) is 0 Å². The highest BCUT2D eigenvalue weighted by molar-refractivity contribution is 7.99. The van der Waals surface area contributed by atoms with Crippen molar-refractivity contribution in [3.8, 4) is 0 Å². The molecule has 3 N–H and O–H groups in total. The van der Waals surface area contributed by atoms with Crippen molar-refractivity contribution in [3.05, 3.63) is 11.6 Å². The summed E-state index contributed by atoms with van der Waals surface area (Å²) in [6.07, 6.45) is 0.961. The Kier molecular flexibility index (Phi) is 8.81. The van der Waals surface area contributed by atoms with Crippen LogP contribution >= 0.6 is 35.7 Å². The Morgan fingerprint density at radius 2 is 2.22 bits per heavy atom. The first kappa shape index (κ1) is 21.2. The number of sulfonamides is 1. The molecule has 0 aromatic carbocycles. The predicted molar refractivity (Wildman–Crippen MR) is 97.9 cm³/mol. The van der Waals surface area contributed by atoms with E-state index >= 15 is 0 Å². The molecule has 10 heteroatoms. The van der Waals surface area contributed by atoms with Crippen molar-refractivity contribution in [1.29, 1.82) is 0 Å². The molecule has 0 aliphatic carbocycles. The van der Waals surface area contributed by atoms with Crippen LogP contribution in [0.5, 0.6) is 0 Å². The molecule has 6 nitrogen and oxygen atoms in total. The van der Waals surface area contributed by atoms with Gasteiger partial charge in [0.1, 0.15) is 4.21 Å². The lowest BCUT2D eigenvalue weighted by atomic mass is 10.1. The van der Waals surface area contributed by atoms with Gasteiger partial charge in [-0.3, -0.25) is 0 Å². The van der Waals surface area contributed by atoms with E-state index in [9.17, 15) is 8.42 Å². The van der Waals surface area contributed by atoms with Gasteiger partial charge in [-0.1, -0.05) is 6.92 Å². The van der Waals surface area contributed by atoms with E-state index < -0.39 is 10.0 Å². The van der Waals surface area contributed by atoms with E-state index in [0.717, 1.165) is 49.0 Å². The molecule has 0 amide bonds. The third-order valence-corrected chi connectivity index (χ3v) is 7.14. The number of nitrogens with zero attached hydrogens (tertiary/aromatic N) is 1. The van der Waals surface area contributed by atoms with Gasteiger partial charge in [-0.25, -0.2) is 17.9 Å². The zero-order chi connectivity index (χ0) is 16.2. The molecule has 1 aromatic heterocycles. The maximum Gasteiger partial charge on any atom is 0.247 e. The Labute approximate surface area is 152 Å². The molecule has 0 fully saturated rings. The summed E-state index contributed by atoms with van der Waals surface area (Å²) in [7, 11) is -3.64. The summed E-state index contributed by atoms with van der Waals surface area (Å²) >= 11 is 2.87. The number of nitrogens with two attached hydrogens (primary N) is 1. The highest BCUT2D eigenvalue weighted by Crippen LogP contribution is 2.43. The largest absolute Gasteiger partial charge is 0.382 e. The van der Waals surface area contributed by atoms with Gasteiger partial charge in [0.2, 0.25) is 10.0 Å². The number of halogens is 1. The molecule has 1 aliphatic rings. The Morgan fingerprint density at radius 3 is 2.83 bits per heavy atom.